The maximum Gasteiger partial charge on any atom is 0.358 e. The summed E-state index contributed by atoms with van der Waals surface area (Å²) < 4.78 is 1.42. The highest BCUT2D eigenvalue weighted by molar-refractivity contribution is 6.33. The minimum Gasteiger partial charge on any atom is -0.476 e. The molecule has 0 saturated heterocycles. The molecule has 0 aliphatic rings. The number of aromatic carboxylic acids is 1. The Bertz CT molecular complexity index is 677. The second-order valence-electron chi connectivity index (χ2n) is 3.91. The number of rotatable bonds is 5. The van der Waals surface area contributed by atoms with E-state index in [0.29, 0.717) is 29.4 Å². The second-order valence-corrected chi connectivity index (χ2v) is 4.31. The molecule has 0 aliphatic heterocycles. The number of hydrogen-bond acceptors (Lipinski definition) is 5. The van der Waals surface area contributed by atoms with Crippen LogP contribution in [0.1, 0.15) is 16.1 Å². The van der Waals surface area contributed by atoms with Crippen LogP contribution in [0, 0.1) is 11.3 Å². The van der Waals surface area contributed by atoms with Crippen molar-refractivity contribution in [2.45, 2.75) is 6.54 Å². The summed E-state index contributed by atoms with van der Waals surface area (Å²) in [5.74, 6) is -1.11. The molecule has 2 rings (SSSR count). The Morgan fingerprint density at radius 1 is 1.55 bits per heavy atom. The third-order valence-electron chi connectivity index (χ3n) is 2.51. The number of benzene rings is 1. The van der Waals surface area contributed by atoms with Gasteiger partial charge >= 0.3 is 5.97 Å². The van der Waals surface area contributed by atoms with Gasteiger partial charge in [0.1, 0.15) is 0 Å². The predicted octanol–water partition coefficient (Wildman–Crippen LogP) is 1.61. The molecule has 20 heavy (non-hydrogen) atoms. The molecule has 8 heteroatoms. The number of halogens is 1. The SMILES string of the molecule is N#Cc1ccc(NCCn2cc(C(=O)O)nn2)c(Cl)c1. The minimum absolute atomic E-state index is 0.0959. The minimum atomic E-state index is -1.11. The van der Waals surface area contributed by atoms with Crippen molar-refractivity contribution >= 4 is 23.3 Å². The summed E-state index contributed by atoms with van der Waals surface area (Å²) in [6, 6.07) is 6.94. The lowest BCUT2D eigenvalue weighted by Gasteiger charge is -2.08. The molecule has 1 heterocycles. The van der Waals surface area contributed by atoms with Gasteiger partial charge in [0.05, 0.1) is 35.1 Å². The van der Waals surface area contributed by atoms with E-state index in [1.165, 1.54) is 10.9 Å². The van der Waals surface area contributed by atoms with Crippen molar-refractivity contribution in [2.24, 2.45) is 0 Å². The zero-order valence-corrected chi connectivity index (χ0v) is 11.0. The highest BCUT2D eigenvalue weighted by atomic mass is 35.5. The number of carbonyl (C=O) groups is 1. The molecule has 2 aromatic rings. The molecule has 2 N–H and O–H groups in total. The van der Waals surface area contributed by atoms with E-state index in [1.807, 2.05) is 6.07 Å². The van der Waals surface area contributed by atoms with Crippen molar-refractivity contribution in [2.75, 3.05) is 11.9 Å². The van der Waals surface area contributed by atoms with E-state index < -0.39 is 5.97 Å². The van der Waals surface area contributed by atoms with Gasteiger partial charge in [0.15, 0.2) is 5.69 Å². The average molecular weight is 292 g/mol. The summed E-state index contributed by atoms with van der Waals surface area (Å²) in [5.41, 5.74) is 1.09. The summed E-state index contributed by atoms with van der Waals surface area (Å²) >= 11 is 6.01. The van der Waals surface area contributed by atoms with Crippen LogP contribution in [0.25, 0.3) is 0 Å². The summed E-state index contributed by atoms with van der Waals surface area (Å²) in [7, 11) is 0. The average Bonchev–Trinajstić information content (AvgIpc) is 2.89. The molecule has 0 saturated carbocycles. The van der Waals surface area contributed by atoms with Crippen molar-refractivity contribution in [1.82, 2.24) is 15.0 Å². The Morgan fingerprint density at radius 2 is 2.35 bits per heavy atom. The molecule has 0 bridgehead atoms. The number of carboxylic acids is 1. The summed E-state index contributed by atoms with van der Waals surface area (Å²) in [4.78, 5) is 10.6. The summed E-state index contributed by atoms with van der Waals surface area (Å²) in [6.07, 6.45) is 1.35. The van der Waals surface area contributed by atoms with Crippen molar-refractivity contribution in [1.29, 1.82) is 5.26 Å². The van der Waals surface area contributed by atoms with Gasteiger partial charge in [0.25, 0.3) is 0 Å². The van der Waals surface area contributed by atoms with Gasteiger partial charge in [0.2, 0.25) is 0 Å². The van der Waals surface area contributed by atoms with Crippen molar-refractivity contribution in [3.05, 3.63) is 40.7 Å². The van der Waals surface area contributed by atoms with E-state index in [1.54, 1.807) is 18.2 Å². The first-order valence-corrected chi connectivity index (χ1v) is 6.05. The molecular weight excluding hydrogens is 282 g/mol. The fourth-order valence-electron chi connectivity index (χ4n) is 1.54. The Morgan fingerprint density at radius 3 is 2.95 bits per heavy atom. The number of nitrogens with one attached hydrogen (secondary N) is 1. The first-order chi connectivity index (χ1) is 9.60. The van der Waals surface area contributed by atoms with Crippen molar-refractivity contribution in [3.8, 4) is 6.07 Å². The fourth-order valence-corrected chi connectivity index (χ4v) is 1.79. The van der Waals surface area contributed by atoms with Gasteiger partial charge in [-0.2, -0.15) is 5.26 Å². The van der Waals surface area contributed by atoms with Crippen molar-refractivity contribution in [3.63, 3.8) is 0 Å². The van der Waals surface area contributed by atoms with Crippen LogP contribution >= 0.6 is 11.6 Å². The van der Waals surface area contributed by atoms with Gasteiger partial charge in [-0.15, -0.1) is 5.10 Å². The van der Waals surface area contributed by atoms with E-state index in [0.717, 1.165) is 0 Å². The number of anilines is 1. The highest BCUT2D eigenvalue weighted by Crippen LogP contribution is 2.22. The first-order valence-electron chi connectivity index (χ1n) is 5.67. The van der Waals surface area contributed by atoms with E-state index in [2.05, 4.69) is 15.6 Å². The van der Waals surface area contributed by atoms with Crippen LogP contribution < -0.4 is 5.32 Å². The van der Waals surface area contributed by atoms with Gasteiger partial charge in [-0.25, -0.2) is 9.48 Å². The molecule has 0 spiro atoms. The maximum atomic E-state index is 10.6. The normalized spacial score (nSPS) is 10.0. The molecule has 1 aromatic carbocycles. The van der Waals surface area contributed by atoms with Crippen LogP contribution in [0.3, 0.4) is 0 Å². The quantitative estimate of drug-likeness (QED) is 0.867. The maximum absolute atomic E-state index is 10.6. The smallest absolute Gasteiger partial charge is 0.358 e. The number of carboxylic acid groups (broad SMARTS) is 1. The molecule has 0 unspecified atom stereocenters. The van der Waals surface area contributed by atoms with Gasteiger partial charge < -0.3 is 10.4 Å². The van der Waals surface area contributed by atoms with Gasteiger partial charge in [-0.05, 0) is 18.2 Å². The standard InChI is InChI=1S/C12H10ClN5O2/c13-9-5-8(6-14)1-2-10(9)15-3-4-18-7-11(12(19)20)16-17-18/h1-2,5,7,15H,3-4H2,(H,19,20). The number of hydrogen-bond donors (Lipinski definition) is 2. The third-order valence-corrected chi connectivity index (χ3v) is 2.83. The van der Waals surface area contributed by atoms with E-state index in [9.17, 15) is 4.79 Å². The zero-order valence-electron chi connectivity index (χ0n) is 10.2. The van der Waals surface area contributed by atoms with E-state index in [-0.39, 0.29) is 5.69 Å². The number of aromatic nitrogens is 3. The van der Waals surface area contributed by atoms with Crippen LogP contribution in [0.2, 0.25) is 5.02 Å². The lowest BCUT2D eigenvalue weighted by Crippen LogP contribution is -2.11. The largest absolute Gasteiger partial charge is 0.476 e. The second kappa shape index (κ2) is 6.04. The summed E-state index contributed by atoms with van der Waals surface area (Å²) in [5, 5.41) is 28.2. The van der Waals surface area contributed by atoms with Gasteiger partial charge in [-0.1, -0.05) is 16.8 Å². The molecule has 1 aromatic heterocycles. The zero-order chi connectivity index (χ0) is 14.5. The monoisotopic (exact) mass is 291 g/mol. The Labute approximate surface area is 119 Å². The van der Waals surface area contributed by atoms with Crippen LogP contribution in [-0.2, 0) is 6.54 Å². The molecule has 0 amide bonds. The van der Waals surface area contributed by atoms with Crippen LogP contribution in [0.15, 0.2) is 24.4 Å². The van der Waals surface area contributed by atoms with Gasteiger partial charge in [-0.3, -0.25) is 0 Å². The van der Waals surface area contributed by atoms with E-state index in [4.69, 9.17) is 22.0 Å². The molecule has 0 aliphatic carbocycles. The molecule has 7 nitrogen and oxygen atoms in total. The third kappa shape index (κ3) is 3.24. The fraction of sp³-hybridized carbons (Fsp3) is 0.167. The Kier molecular flexibility index (Phi) is 4.17. The molecule has 0 atom stereocenters. The molecule has 0 fully saturated rings. The Balaban J connectivity index is 1.92. The van der Waals surface area contributed by atoms with Crippen LogP contribution in [0.5, 0.6) is 0 Å². The first kappa shape index (κ1) is 13.8. The van der Waals surface area contributed by atoms with Crippen LogP contribution in [-0.4, -0.2) is 32.6 Å². The topological polar surface area (TPSA) is 104 Å². The highest BCUT2D eigenvalue weighted by Gasteiger charge is 2.08. The lowest BCUT2D eigenvalue weighted by atomic mass is 10.2. The predicted molar refractivity (Wildman–Crippen MR) is 71.6 cm³/mol. The Hall–Kier alpha value is -2.59. The number of nitriles is 1. The molecular formula is C12H10ClN5O2. The number of nitrogens with zero attached hydrogens (tertiary/aromatic N) is 4. The van der Waals surface area contributed by atoms with Crippen molar-refractivity contribution < 1.29 is 9.90 Å². The molecule has 0 radical (unpaired) electrons. The lowest BCUT2D eigenvalue weighted by molar-refractivity contribution is 0.0690. The van der Waals surface area contributed by atoms with Gasteiger partial charge in [0, 0.05) is 6.54 Å². The molecule has 102 valence electrons. The van der Waals surface area contributed by atoms with E-state index >= 15 is 0 Å². The summed E-state index contributed by atoms with van der Waals surface area (Å²) in [6.45, 7) is 0.935. The van der Waals surface area contributed by atoms with Crippen LogP contribution in [0.4, 0.5) is 5.69 Å².